The molecular weight excluding hydrogens is 513 g/mol. The van der Waals surface area contributed by atoms with Crippen molar-refractivity contribution in [1.29, 1.82) is 5.26 Å². The van der Waals surface area contributed by atoms with Crippen LogP contribution in [0.5, 0.6) is 11.5 Å². The molecule has 1 aliphatic rings. The van der Waals surface area contributed by atoms with Crippen LogP contribution in [0.3, 0.4) is 0 Å². The van der Waals surface area contributed by atoms with Gasteiger partial charge in [-0.15, -0.1) is 0 Å². The van der Waals surface area contributed by atoms with Crippen molar-refractivity contribution in [2.75, 3.05) is 11.5 Å². The molecule has 4 rings (SSSR count). The minimum Gasteiger partial charge on any atom is -0.454 e. The van der Waals surface area contributed by atoms with E-state index in [4.69, 9.17) is 10.5 Å². The molecule has 5 N–H and O–H groups in total. The van der Waals surface area contributed by atoms with Crippen molar-refractivity contribution in [3.8, 4) is 28.8 Å². The van der Waals surface area contributed by atoms with Crippen molar-refractivity contribution in [2.24, 2.45) is 10.7 Å². The summed E-state index contributed by atoms with van der Waals surface area (Å²) in [4.78, 5) is 8.64. The van der Waals surface area contributed by atoms with Gasteiger partial charge in [-0.3, -0.25) is 15.2 Å². The standard InChI is InChI=1S/C25H22FN7O2S2/c1-29-21(8-9-27)19-13-22(18-4-2-3-5-20(18)26)31-15-24(19)35-23-7-6-17(12-16(23)14-28)33(34)37-32-25-30-10-11-36-25/h2-13,15,25,30,32,34H,27H2,1H3. The molecule has 2 aromatic carbocycles. The average molecular weight is 536 g/mol. The Kier molecular flexibility index (Phi) is 8.65. The number of nitriles is 1. The molecule has 2 heterocycles. The molecule has 37 heavy (non-hydrogen) atoms. The lowest BCUT2D eigenvalue weighted by atomic mass is 10.0. The van der Waals surface area contributed by atoms with E-state index in [0.29, 0.717) is 28.2 Å². The molecular formula is C25H22FN7O2S2. The van der Waals surface area contributed by atoms with E-state index < -0.39 is 5.82 Å². The van der Waals surface area contributed by atoms with Gasteiger partial charge in [0.1, 0.15) is 23.1 Å². The number of anilines is 1. The molecule has 188 valence electrons. The predicted octanol–water partition coefficient (Wildman–Crippen LogP) is 4.88. The number of aliphatic imine (C=N–C) groups is 1. The first-order valence-electron chi connectivity index (χ1n) is 10.8. The summed E-state index contributed by atoms with van der Waals surface area (Å²) in [6, 6.07) is 14.7. The molecule has 9 nitrogen and oxygen atoms in total. The highest BCUT2D eigenvalue weighted by atomic mass is 32.2. The van der Waals surface area contributed by atoms with Crippen molar-refractivity contribution < 1.29 is 14.3 Å². The van der Waals surface area contributed by atoms with Crippen LogP contribution in [0.4, 0.5) is 10.1 Å². The topological polar surface area (TPSA) is 132 Å². The maximum Gasteiger partial charge on any atom is 0.155 e. The van der Waals surface area contributed by atoms with Crippen molar-refractivity contribution in [3.05, 3.63) is 95.6 Å². The lowest BCUT2D eigenvalue weighted by Gasteiger charge is -2.19. The molecule has 0 amide bonds. The number of hydrogen-bond acceptors (Lipinski definition) is 11. The van der Waals surface area contributed by atoms with E-state index in [9.17, 15) is 14.9 Å². The van der Waals surface area contributed by atoms with Gasteiger partial charge < -0.3 is 15.8 Å². The van der Waals surface area contributed by atoms with Crippen molar-refractivity contribution in [3.63, 3.8) is 0 Å². The molecule has 0 saturated carbocycles. The van der Waals surface area contributed by atoms with E-state index in [-0.39, 0.29) is 22.6 Å². The molecule has 0 aliphatic carbocycles. The van der Waals surface area contributed by atoms with Crippen LogP contribution in [0, 0.1) is 17.1 Å². The number of rotatable bonds is 9. The lowest BCUT2D eigenvalue weighted by Crippen LogP contribution is -2.31. The number of benzene rings is 2. The normalized spacial score (nSPS) is 15.0. The summed E-state index contributed by atoms with van der Waals surface area (Å²) in [6.07, 6.45) is 6.17. The smallest absolute Gasteiger partial charge is 0.155 e. The van der Waals surface area contributed by atoms with Gasteiger partial charge in [-0.05, 0) is 54.1 Å². The van der Waals surface area contributed by atoms with Crippen molar-refractivity contribution >= 4 is 35.3 Å². The van der Waals surface area contributed by atoms with Crippen molar-refractivity contribution in [2.45, 2.75) is 5.50 Å². The van der Waals surface area contributed by atoms with Gasteiger partial charge in [0, 0.05) is 24.4 Å². The Morgan fingerprint density at radius 2 is 2.19 bits per heavy atom. The molecule has 3 aromatic rings. The molecule has 0 saturated heterocycles. The van der Waals surface area contributed by atoms with Crippen molar-refractivity contribution in [1.82, 2.24) is 15.0 Å². The van der Waals surface area contributed by atoms with E-state index in [1.165, 1.54) is 36.3 Å². The van der Waals surface area contributed by atoms with E-state index in [2.05, 4.69) is 26.1 Å². The van der Waals surface area contributed by atoms with Gasteiger partial charge in [-0.25, -0.2) is 9.11 Å². The number of allylic oxidation sites excluding steroid dienone is 1. The van der Waals surface area contributed by atoms with Gasteiger partial charge >= 0.3 is 0 Å². The Morgan fingerprint density at radius 1 is 1.35 bits per heavy atom. The third-order valence-corrected chi connectivity index (χ3v) is 6.78. The number of pyridine rings is 1. The third-order valence-electron chi connectivity index (χ3n) is 5.09. The van der Waals surface area contributed by atoms with Gasteiger partial charge in [0.15, 0.2) is 5.75 Å². The molecule has 0 radical (unpaired) electrons. The Morgan fingerprint density at radius 3 is 2.89 bits per heavy atom. The van der Waals surface area contributed by atoms with Crippen LogP contribution >= 0.6 is 23.9 Å². The SMILES string of the molecule is CN=C(C=CN)c1cc(-c2ccccc2F)ncc1Oc1ccc(N(O)SNC2NC=CS2)cc1C#N. The highest BCUT2D eigenvalue weighted by molar-refractivity contribution is 8.04. The number of thioether (sulfide) groups is 1. The fourth-order valence-corrected chi connectivity index (χ4v) is 4.65. The Bertz CT molecular complexity index is 1400. The molecule has 0 fully saturated rings. The summed E-state index contributed by atoms with van der Waals surface area (Å²) < 4.78 is 24.4. The summed E-state index contributed by atoms with van der Waals surface area (Å²) in [6.45, 7) is 0. The quantitative estimate of drug-likeness (QED) is 0.171. The molecule has 1 aliphatic heterocycles. The summed E-state index contributed by atoms with van der Waals surface area (Å²) in [5, 5.41) is 25.1. The van der Waals surface area contributed by atoms with Gasteiger partial charge in [-0.2, -0.15) is 9.73 Å². The fraction of sp³-hybridized carbons (Fsp3) is 0.0800. The number of halogens is 1. The zero-order chi connectivity index (χ0) is 26.2. The molecule has 1 atom stereocenters. The molecule has 12 heteroatoms. The van der Waals surface area contributed by atoms with Crippen LogP contribution in [-0.2, 0) is 0 Å². The second-order valence-electron chi connectivity index (χ2n) is 7.38. The first-order valence-corrected chi connectivity index (χ1v) is 12.6. The van der Waals surface area contributed by atoms with E-state index >= 15 is 0 Å². The van der Waals surface area contributed by atoms with E-state index in [1.807, 2.05) is 5.41 Å². The zero-order valence-corrected chi connectivity index (χ0v) is 21.1. The number of aromatic nitrogens is 1. The molecule has 0 spiro atoms. The predicted molar refractivity (Wildman–Crippen MR) is 145 cm³/mol. The fourth-order valence-electron chi connectivity index (χ4n) is 3.34. The van der Waals surface area contributed by atoms with Crippen LogP contribution in [0.15, 0.2) is 83.6 Å². The molecule has 1 unspecified atom stereocenters. The number of nitrogens with two attached hydrogens (primary N) is 1. The summed E-state index contributed by atoms with van der Waals surface area (Å²) in [5.41, 5.74) is 7.75. The third kappa shape index (κ3) is 6.22. The second kappa shape index (κ2) is 12.3. The van der Waals surface area contributed by atoms with Gasteiger partial charge in [0.25, 0.3) is 0 Å². The van der Waals surface area contributed by atoms with Crippen LogP contribution in [0.25, 0.3) is 11.3 Å². The average Bonchev–Trinajstić information content (AvgIpc) is 3.45. The lowest BCUT2D eigenvalue weighted by molar-refractivity contribution is 0.330. The molecule has 1 aromatic heterocycles. The monoisotopic (exact) mass is 535 g/mol. The minimum atomic E-state index is -0.416. The van der Waals surface area contributed by atoms with Gasteiger partial charge in [-0.1, -0.05) is 23.9 Å². The Hall–Kier alpha value is -4.02. The number of nitrogens with one attached hydrogen (secondary N) is 2. The summed E-state index contributed by atoms with van der Waals surface area (Å²) in [5.74, 6) is 0.112. The minimum absolute atomic E-state index is 0.0899. The Labute approximate surface area is 221 Å². The number of nitrogens with zero attached hydrogens (tertiary/aromatic N) is 4. The van der Waals surface area contributed by atoms with Crippen LogP contribution < -0.4 is 25.0 Å². The largest absolute Gasteiger partial charge is 0.454 e. The van der Waals surface area contributed by atoms with E-state index in [1.54, 1.807) is 55.7 Å². The summed E-state index contributed by atoms with van der Waals surface area (Å²) >= 11 is 2.48. The second-order valence-corrected chi connectivity index (χ2v) is 9.16. The Balaban J connectivity index is 1.63. The summed E-state index contributed by atoms with van der Waals surface area (Å²) in [7, 11) is 1.59. The van der Waals surface area contributed by atoms with Crippen LogP contribution in [-0.4, -0.2) is 28.4 Å². The first-order chi connectivity index (χ1) is 18.0. The maximum absolute atomic E-state index is 14.4. The maximum atomic E-state index is 14.4. The van der Waals surface area contributed by atoms with Gasteiger partial charge in [0.05, 0.1) is 41.0 Å². The number of hydrogen-bond donors (Lipinski definition) is 4. The van der Waals surface area contributed by atoms with Gasteiger partial charge in [0.2, 0.25) is 0 Å². The first kappa shape index (κ1) is 26.1. The number of ether oxygens (including phenoxy) is 1. The highest BCUT2D eigenvalue weighted by Gasteiger charge is 2.18. The molecule has 0 bridgehead atoms. The van der Waals surface area contributed by atoms with E-state index in [0.717, 1.165) is 16.6 Å². The zero-order valence-electron chi connectivity index (χ0n) is 19.5. The van der Waals surface area contributed by atoms with Crippen LogP contribution in [0.1, 0.15) is 11.1 Å². The van der Waals surface area contributed by atoms with Crippen LogP contribution in [0.2, 0.25) is 0 Å². The highest BCUT2D eigenvalue weighted by Crippen LogP contribution is 2.34.